The van der Waals surface area contributed by atoms with Crippen molar-refractivity contribution in [3.05, 3.63) is 38.4 Å². The van der Waals surface area contributed by atoms with Crippen LogP contribution in [-0.2, 0) is 29.4 Å². The van der Waals surface area contributed by atoms with Gasteiger partial charge in [-0.25, -0.2) is 17.9 Å². The molecule has 0 saturated carbocycles. The molecule has 9 heteroatoms. The Labute approximate surface area is 148 Å². The van der Waals surface area contributed by atoms with E-state index in [4.69, 9.17) is 0 Å². The smallest absolute Gasteiger partial charge is 0.338 e. The van der Waals surface area contributed by atoms with E-state index < -0.39 is 16.0 Å². The molecular weight excluding hydrogens is 368 g/mol. The first kappa shape index (κ1) is 17.6. The molecule has 0 fully saturated rings. The highest BCUT2D eigenvalue weighted by Crippen LogP contribution is 2.34. The summed E-state index contributed by atoms with van der Waals surface area (Å²) in [6, 6.07) is 3.56. The van der Waals surface area contributed by atoms with Gasteiger partial charge in [0.1, 0.15) is 4.21 Å². The summed E-state index contributed by atoms with van der Waals surface area (Å²) in [7, 11) is -3.87. The average molecular weight is 387 g/mol. The maximum atomic E-state index is 12.7. The minimum Gasteiger partial charge on any atom is -0.478 e. The van der Waals surface area contributed by atoms with E-state index in [9.17, 15) is 18.3 Å². The quantitative estimate of drug-likeness (QED) is 0.706. The van der Waals surface area contributed by atoms with Crippen LogP contribution in [-0.4, -0.2) is 32.1 Å². The molecule has 3 heterocycles. The van der Waals surface area contributed by atoms with Crippen LogP contribution in [0.2, 0.25) is 0 Å². The molecule has 24 heavy (non-hydrogen) atoms. The van der Waals surface area contributed by atoms with Gasteiger partial charge in [-0.2, -0.15) is 0 Å². The fourth-order valence-corrected chi connectivity index (χ4v) is 6.76. The lowest BCUT2D eigenvalue weighted by molar-refractivity contribution is 0.0692. The first-order valence-electron chi connectivity index (χ1n) is 7.51. The van der Waals surface area contributed by atoms with Crippen LogP contribution in [0.3, 0.4) is 0 Å². The van der Waals surface area contributed by atoms with Gasteiger partial charge in [0.15, 0.2) is 0 Å². The second kappa shape index (κ2) is 6.93. The van der Waals surface area contributed by atoms with Gasteiger partial charge in [0.05, 0.1) is 5.56 Å². The number of rotatable bonds is 6. The monoisotopic (exact) mass is 386 g/mol. The largest absolute Gasteiger partial charge is 0.478 e. The van der Waals surface area contributed by atoms with Crippen molar-refractivity contribution in [3.8, 4) is 0 Å². The maximum Gasteiger partial charge on any atom is 0.338 e. The summed E-state index contributed by atoms with van der Waals surface area (Å²) in [5, 5.41) is 14.6. The molecule has 130 valence electrons. The molecule has 1 aliphatic rings. The lowest BCUT2D eigenvalue weighted by Gasteiger charge is -2.13. The molecule has 0 bridgehead atoms. The van der Waals surface area contributed by atoms with Crippen molar-refractivity contribution >= 4 is 38.7 Å². The Morgan fingerprint density at radius 2 is 2.29 bits per heavy atom. The molecule has 0 radical (unpaired) electrons. The molecule has 0 spiro atoms. The number of hydrogen-bond donors (Lipinski definition) is 3. The molecule has 6 nitrogen and oxygen atoms in total. The Kier molecular flexibility index (Phi) is 5.07. The fraction of sp³-hybridized carbons (Fsp3) is 0.400. The number of hydrogen-bond acceptors (Lipinski definition) is 6. The van der Waals surface area contributed by atoms with E-state index in [-0.39, 0.29) is 15.8 Å². The lowest BCUT2D eigenvalue weighted by Crippen LogP contribution is -2.34. The van der Waals surface area contributed by atoms with Crippen molar-refractivity contribution in [2.75, 3.05) is 6.54 Å². The number of nitrogens with one attached hydrogen (secondary N) is 2. The highest BCUT2D eigenvalue weighted by atomic mass is 32.2. The van der Waals surface area contributed by atoms with Crippen LogP contribution in [0.15, 0.2) is 21.7 Å². The summed E-state index contributed by atoms with van der Waals surface area (Å²) in [6.07, 6.45) is 1.11. The van der Waals surface area contributed by atoms with E-state index in [0.29, 0.717) is 31.5 Å². The first-order valence-corrected chi connectivity index (χ1v) is 10.7. The Hall–Kier alpha value is -1.26. The van der Waals surface area contributed by atoms with Crippen LogP contribution in [0.4, 0.5) is 0 Å². The molecule has 3 rings (SSSR count). The van der Waals surface area contributed by atoms with Gasteiger partial charge in [0.2, 0.25) is 0 Å². The van der Waals surface area contributed by atoms with Crippen molar-refractivity contribution < 1.29 is 18.3 Å². The van der Waals surface area contributed by atoms with E-state index in [2.05, 4.69) is 10.0 Å². The molecule has 1 aliphatic heterocycles. The maximum absolute atomic E-state index is 12.7. The number of aromatic carboxylic acids is 1. The van der Waals surface area contributed by atoms with Crippen molar-refractivity contribution in [2.24, 2.45) is 0 Å². The van der Waals surface area contributed by atoms with Gasteiger partial charge < -0.3 is 10.4 Å². The molecule has 0 aliphatic carbocycles. The Balaban J connectivity index is 1.89. The molecule has 0 aromatic carbocycles. The molecule has 3 N–H and O–H groups in total. The SMILES string of the molecule is C[C@@H](Cc1cccs1)NS(=O)(=O)c1sc2c(c1C(=O)O)CCNC2. The zero-order chi connectivity index (χ0) is 17.3. The van der Waals surface area contributed by atoms with E-state index >= 15 is 0 Å². The van der Waals surface area contributed by atoms with Crippen LogP contribution < -0.4 is 10.0 Å². The number of sulfonamides is 1. The summed E-state index contributed by atoms with van der Waals surface area (Å²) in [5.41, 5.74) is 0.588. The van der Waals surface area contributed by atoms with E-state index in [1.54, 1.807) is 18.3 Å². The third-order valence-corrected chi connectivity index (χ3v) is 8.04. The van der Waals surface area contributed by atoms with Crippen LogP contribution in [0.5, 0.6) is 0 Å². The third kappa shape index (κ3) is 3.55. The van der Waals surface area contributed by atoms with Crippen molar-refractivity contribution in [1.82, 2.24) is 10.0 Å². The second-order valence-corrected chi connectivity index (χ2v) is 9.75. The minimum absolute atomic E-state index is 0.0627. The average Bonchev–Trinajstić information content (AvgIpc) is 3.13. The summed E-state index contributed by atoms with van der Waals surface area (Å²) in [6.45, 7) is 2.96. The third-order valence-electron chi connectivity index (χ3n) is 3.80. The number of carboxylic acid groups (broad SMARTS) is 1. The van der Waals surface area contributed by atoms with Gasteiger partial charge >= 0.3 is 5.97 Å². The van der Waals surface area contributed by atoms with Gasteiger partial charge in [-0.1, -0.05) is 6.07 Å². The van der Waals surface area contributed by atoms with Crippen LogP contribution in [0.25, 0.3) is 0 Å². The normalized spacial score (nSPS) is 15.9. The van der Waals surface area contributed by atoms with Crippen LogP contribution in [0.1, 0.15) is 32.6 Å². The zero-order valence-corrected chi connectivity index (χ0v) is 15.5. The summed E-state index contributed by atoms with van der Waals surface area (Å²) < 4.78 is 28.0. The van der Waals surface area contributed by atoms with Crippen molar-refractivity contribution in [1.29, 1.82) is 0 Å². The number of carboxylic acids is 1. The van der Waals surface area contributed by atoms with Crippen LogP contribution in [0, 0.1) is 0 Å². The van der Waals surface area contributed by atoms with Crippen LogP contribution >= 0.6 is 22.7 Å². The van der Waals surface area contributed by atoms with E-state index in [1.165, 1.54) is 0 Å². The number of thiophene rings is 2. The van der Waals surface area contributed by atoms with E-state index in [1.807, 2.05) is 17.5 Å². The zero-order valence-electron chi connectivity index (χ0n) is 13.0. The summed E-state index contributed by atoms with van der Waals surface area (Å²) in [4.78, 5) is 13.5. The minimum atomic E-state index is -3.87. The van der Waals surface area contributed by atoms with Gasteiger partial charge in [-0.15, -0.1) is 22.7 Å². The Morgan fingerprint density at radius 1 is 1.50 bits per heavy atom. The predicted molar refractivity (Wildman–Crippen MR) is 94.5 cm³/mol. The summed E-state index contributed by atoms with van der Waals surface area (Å²) >= 11 is 2.62. The topological polar surface area (TPSA) is 95.5 Å². The Morgan fingerprint density at radius 3 is 2.96 bits per heavy atom. The van der Waals surface area contributed by atoms with Gasteiger partial charge in [0, 0.05) is 22.3 Å². The molecule has 0 saturated heterocycles. The molecule has 2 aromatic rings. The standard InChI is InChI=1S/C15H18N2O4S3/c1-9(7-10-3-2-6-22-10)17-24(20,21)15-13(14(18)19)11-4-5-16-8-12(11)23-15/h2-3,6,9,16-17H,4-5,7-8H2,1H3,(H,18,19)/t9-/m0/s1. The molecule has 2 aromatic heterocycles. The van der Waals surface area contributed by atoms with Crippen molar-refractivity contribution in [3.63, 3.8) is 0 Å². The number of fused-ring (bicyclic) bond motifs is 1. The lowest BCUT2D eigenvalue weighted by atomic mass is 10.1. The van der Waals surface area contributed by atoms with E-state index in [0.717, 1.165) is 21.1 Å². The first-order chi connectivity index (χ1) is 11.4. The second-order valence-electron chi connectivity index (χ2n) is 5.70. The van der Waals surface area contributed by atoms with Gasteiger partial charge in [-0.3, -0.25) is 0 Å². The van der Waals surface area contributed by atoms with Gasteiger partial charge in [0.25, 0.3) is 10.0 Å². The highest BCUT2D eigenvalue weighted by Gasteiger charge is 2.32. The molecule has 1 atom stereocenters. The van der Waals surface area contributed by atoms with Crippen molar-refractivity contribution in [2.45, 2.75) is 36.6 Å². The molecule has 0 unspecified atom stereocenters. The molecular formula is C15H18N2O4S3. The Bertz CT molecular complexity index is 840. The highest BCUT2D eigenvalue weighted by molar-refractivity contribution is 7.91. The van der Waals surface area contributed by atoms with Gasteiger partial charge in [-0.05, 0) is 43.3 Å². The molecule has 0 amide bonds. The predicted octanol–water partition coefficient (Wildman–Crippen LogP) is 2.06. The fourth-order valence-electron chi connectivity index (χ4n) is 2.81. The summed E-state index contributed by atoms with van der Waals surface area (Å²) in [5.74, 6) is -1.18. The number of carbonyl (C=O) groups is 1.